The van der Waals surface area contributed by atoms with Gasteiger partial charge in [0.2, 0.25) is 0 Å². The first-order chi connectivity index (χ1) is 11.6. The maximum atomic E-state index is 11.9. The molecule has 0 radical (unpaired) electrons. The third-order valence-electron chi connectivity index (χ3n) is 3.25. The summed E-state index contributed by atoms with van der Waals surface area (Å²) in [7, 11) is 0. The number of nitrogens with one attached hydrogen (secondary N) is 2. The molecule has 0 atom stereocenters. The minimum Gasteiger partial charge on any atom is -0.494 e. The molecule has 128 valence electrons. The summed E-state index contributed by atoms with van der Waals surface area (Å²) in [5.74, 6) is 1.49. The van der Waals surface area contributed by atoms with Crippen LogP contribution >= 0.6 is 0 Å². The summed E-state index contributed by atoms with van der Waals surface area (Å²) >= 11 is 0. The van der Waals surface area contributed by atoms with Crippen LogP contribution < -0.4 is 20.1 Å². The predicted octanol–water partition coefficient (Wildman–Crippen LogP) is 3.90. The first-order valence-corrected chi connectivity index (χ1v) is 8.05. The third-order valence-corrected chi connectivity index (χ3v) is 3.25. The number of hydrogen-bond acceptors (Lipinski definition) is 3. The molecule has 0 saturated carbocycles. The van der Waals surface area contributed by atoms with Crippen molar-refractivity contribution in [3.63, 3.8) is 0 Å². The van der Waals surface area contributed by atoms with Crippen molar-refractivity contribution in [2.75, 3.05) is 25.1 Å². The summed E-state index contributed by atoms with van der Waals surface area (Å²) in [6.07, 6.45) is 0. The zero-order valence-electron chi connectivity index (χ0n) is 14.4. The van der Waals surface area contributed by atoms with Gasteiger partial charge in [0.25, 0.3) is 0 Å². The van der Waals surface area contributed by atoms with Crippen molar-refractivity contribution < 1.29 is 14.3 Å². The molecule has 0 aliphatic heterocycles. The minimum atomic E-state index is -0.244. The lowest BCUT2D eigenvalue weighted by Crippen LogP contribution is -2.32. The van der Waals surface area contributed by atoms with Gasteiger partial charge < -0.3 is 20.1 Å². The van der Waals surface area contributed by atoms with Crippen molar-refractivity contribution in [3.05, 3.63) is 53.6 Å². The van der Waals surface area contributed by atoms with Gasteiger partial charge in [-0.3, -0.25) is 0 Å². The number of rotatable bonds is 7. The van der Waals surface area contributed by atoms with Gasteiger partial charge >= 0.3 is 6.03 Å². The van der Waals surface area contributed by atoms with Crippen molar-refractivity contribution in [2.24, 2.45) is 0 Å². The van der Waals surface area contributed by atoms with Gasteiger partial charge in [-0.15, -0.1) is 0 Å². The van der Waals surface area contributed by atoms with Crippen LogP contribution in [-0.2, 0) is 0 Å². The van der Waals surface area contributed by atoms with E-state index in [2.05, 4.69) is 16.7 Å². The highest BCUT2D eigenvalue weighted by atomic mass is 16.5. The Hall–Kier alpha value is -2.69. The van der Waals surface area contributed by atoms with Crippen molar-refractivity contribution in [1.29, 1.82) is 0 Å². The molecule has 0 heterocycles. The second-order valence-electron chi connectivity index (χ2n) is 5.51. The van der Waals surface area contributed by atoms with E-state index in [0.717, 1.165) is 28.3 Å². The van der Waals surface area contributed by atoms with Crippen molar-refractivity contribution in [2.45, 2.75) is 20.8 Å². The fraction of sp³-hybridized carbons (Fsp3) is 0.316. The van der Waals surface area contributed by atoms with Gasteiger partial charge in [0.1, 0.15) is 18.1 Å². The lowest BCUT2D eigenvalue weighted by atomic mass is 10.1. The molecule has 24 heavy (non-hydrogen) atoms. The first kappa shape index (κ1) is 17.7. The van der Waals surface area contributed by atoms with Gasteiger partial charge in [0, 0.05) is 11.8 Å². The molecular weight excluding hydrogens is 304 g/mol. The number of anilines is 1. The summed E-state index contributed by atoms with van der Waals surface area (Å²) in [5.41, 5.74) is 3.01. The van der Waals surface area contributed by atoms with Crippen LogP contribution in [0.4, 0.5) is 10.5 Å². The molecule has 0 aromatic heterocycles. The van der Waals surface area contributed by atoms with E-state index >= 15 is 0 Å². The highest BCUT2D eigenvalue weighted by Gasteiger charge is 2.03. The molecule has 0 fully saturated rings. The fourth-order valence-corrected chi connectivity index (χ4v) is 2.38. The van der Waals surface area contributed by atoms with Crippen molar-refractivity contribution in [3.8, 4) is 11.5 Å². The van der Waals surface area contributed by atoms with Gasteiger partial charge in [0.15, 0.2) is 0 Å². The average molecular weight is 328 g/mol. The van der Waals surface area contributed by atoms with E-state index in [4.69, 9.17) is 9.47 Å². The van der Waals surface area contributed by atoms with Crippen LogP contribution in [0.3, 0.4) is 0 Å². The normalized spacial score (nSPS) is 10.1. The Labute approximate surface area is 143 Å². The molecule has 2 N–H and O–H groups in total. The van der Waals surface area contributed by atoms with Gasteiger partial charge in [0.05, 0.1) is 13.2 Å². The molecule has 2 aromatic rings. The standard InChI is InChI=1S/C19H24N2O3/c1-4-23-17-6-5-7-18(13-17)24-9-8-20-19(22)21-16-11-14(2)10-15(3)12-16/h5-7,10-13H,4,8-9H2,1-3H3,(H2,20,21,22). The largest absolute Gasteiger partial charge is 0.494 e. The highest BCUT2D eigenvalue weighted by molar-refractivity contribution is 5.89. The average Bonchev–Trinajstić information content (AvgIpc) is 2.51. The molecule has 2 aromatic carbocycles. The van der Waals surface area contributed by atoms with Crippen LogP contribution in [0.2, 0.25) is 0 Å². The van der Waals surface area contributed by atoms with Crippen LogP contribution in [0, 0.1) is 13.8 Å². The Balaban J connectivity index is 1.73. The van der Waals surface area contributed by atoms with E-state index in [1.165, 1.54) is 0 Å². The number of aryl methyl sites for hydroxylation is 2. The van der Waals surface area contributed by atoms with E-state index in [-0.39, 0.29) is 6.03 Å². The summed E-state index contributed by atoms with van der Waals surface area (Å²) in [6.45, 7) is 7.35. The smallest absolute Gasteiger partial charge is 0.319 e. The van der Waals surface area contributed by atoms with Gasteiger partial charge in [-0.1, -0.05) is 12.1 Å². The van der Waals surface area contributed by atoms with E-state index in [0.29, 0.717) is 19.8 Å². The topological polar surface area (TPSA) is 59.6 Å². The van der Waals surface area contributed by atoms with Crippen molar-refractivity contribution >= 4 is 11.7 Å². The third kappa shape index (κ3) is 5.83. The second-order valence-corrected chi connectivity index (χ2v) is 5.51. The van der Waals surface area contributed by atoms with E-state index in [1.807, 2.05) is 57.2 Å². The monoisotopic (exact) mass is 328 g/mol. The van der Waals surface area contributed by atoms with E-state index < -0.39 is 0 Å². The van der Waals surface area contributed by atoms with Gasteiger partial charge in [-0.2, -0.15) is 0 Å². The number of carbonyl (C=O) groups excluding carboxylic acids is 1. The molecule has 0 aliphatic carbocycles. The minimum absolute atomic E-state index is 0.244. The zero-order chi connectivity index (χ0) is 17.4. The second kappa shape index (κ2) is 8.82. The number of urea groups is 1. The number of carbonyl (C=O) groups is 1. The number of amides is 2. The van der Waals surface area contributed by atoms with E-state index in [9.17, 15) is 4.79 Å². The number of ether oxygens (including phenoxy) is 2. The molecule has 0 unspecified atom stereocenters. The molecule has 2 amide bonds. The molecule has 2 rings (SSSR count). The quantitative estimate of drug-likeness (QED) is 0.758. The van der Waals surface area contributed by atoms with Crippen LogP contribution in [0.25, 0.3) is 0 Å². The zero-order valence-corrected chi connectivity index (χ0v) is 14.4. The fourth-order valence-electron chi connectivity index (χ4n) is 2.38. The predicted molar refractivity (Wildman–Crippen MR) is 96.0 cm³/mol. The lowest BCUT2D eigenvalue weighted by molar-refractivity contribution is 0.247. The van der Waals surface area contributed by atoms with Crippen LogP contribution in [0.1, 0.15) is 18.1 Å². The maximum absolute atomic E-state index is 11.9. The van der Waals surface area contributed by atoms with Crippen LogP contribution in [-0.4, -0.2) is 25.8 Å². The molecule has 0 spiro atoms. The van der Waals surface area contributed by atoms with Crippen LogP contribution in [0.15, 0.2) is 42.5 Å². The lowest BCUT2D eigenvalue weighted by Gasteiger charge is -2.11. The maximum Gasteiger partial charge on any atom is 0.319 e. The Morgan fingerprint density at radius 2 is 1.67 bits per heavy atom. The van der Waals surface area contributed by atoms with Gasteiger partial charge in [-0.05, 0) is 56.2 Å². The Morgan fingerprint density at radius 1 is 1.00 bits per heavy atom. The number of hydrogen-bond donors (Lipinski definition) is 2. The molecule has 0 saturated heterocycles. The Kier molecular flexibility index (Phi) is 6.49. The summed E-state index contributed by atoms with van der Waals surface area (Å²) < 4.78 is 11.0. The SMILES string of the molecule is CCOc1cccc(OCCNC(=O)Nc2cc(C)cc(C)c2)c1. The molecule has 0 bridgehead atoms. The summed E-state index contributed by atoms with van der Waals surface area (Å²) in [6, 6.07) is 13.1. The molecule has 5 heteroatoms. The Morgan fingerprint density at radius 3 is 2.33 bits per heavy atom. The van der Waals surface area contributed by atoms with Gasteiger partial charge in [-0.25, -0.2) is 4.79 Å². The molecule has 0 aliphatic rings. The molecule has 5 nitrogen and oxygen atoms in total. The highest BCUT2D eigenvalue weighted by Crippen LogP contribution is 2.19. The van der Waals surface area contributed by atoms with E-state index in [1.54, 1.807) is 0 Å². The summed E-state index contributed by atoms with van der Waals surface area (Å²) in [5, 5.41) is 5.60. The first-order valence-electron chi connectivity index (χ1n) is 8.05. The number of benzene rings is 2. The molecular formula is C19H24N2O3. The summed E-state index contributed by atoms with van der Waals surface area (Å²) in [4.78, 5) is 11.9. The van der Waals surface area contributed by atoms with Crippen LogP contribution in [0.5, 0.6) is 11.5 Å². The Bertz CT molecular complexity index is 666. The van der Waals surface area contributed by atoms with Crippen molar-refractivity contribution in [1.82, 2.24) is 5.32 Å².